The van der Waals surface area contributed by atoms with E-state index in [1.807, 2.05) is 49.4 Å². The topological polar surface area (TPSA) is 12.9 Å². The fraction of sp³-hybridized carbons (Fsp3) is 0.0800. The molecule has 0 aliphatic rings. The minimum Gasteiger partial charge on any atom is -0.248 e. The Labute approximate surface area is 156 Å². The highest BCUT2D eigenvalue weighted by atomic mass is 14.7. The molecule has 3 rings (SSSR count). The van der Waals surface area contributed by atoms with Crippen LogP contribution in [0.4, 0.5) is 0 Å². The molecule has 0 amide bonds. The summed E-state index contributed by atoms with van der Waals surface area (Å²) in [6.45, 7) is 12.7. The van der Waals surface area contributed by atoms with Crippen molar-refractivity contribution in [2.45, 2.75) is 13.8 Å². The zero-order chi connectivity index (χ0) is 18.5. The van der Waals surface area contributed by atoms with Crippen LogP contribution in [0.25, 0.3) is 16.7 Å². The predicted octanol–water partition coefficient (Wildman–Crippen LogP) is 6.57. The molecule has 0 bridgehead atoms. The quantitative estimate of drug-likeness (QED) is 0.480. The number of benzene rings is 2. The number of aryl methyl sites for hydroxylation is 1. The molecule has 0 atom stereocenters. The van der Waals surface area contributed by atoms with Crippen molar-refractivity contribution < 1.29 is 0 Å². The normalized spacial score (nSPS) is 11.2. The smallest absolute Gasteiger partial charge is 0.0741 e. The first kappa shape index (κ1) is 17.6. The number of hydrogen-bond acceptors (Lipinski definition) is 1. The van der Waals surface area contributed by atoms with E-state index in [9.17, 15) is 0 Å². The van der Waals surface area contributed by atoms with E-state index in [-0.39, 0.29) is 0 Å². The lowest BCUT2D eigenvalue weighted by molar-refractivity contribution is 1.19. The van der Waals surface area contributed by atoms with Gasteiger partial charge in [-0.15, -0.1) is 0 Å². The molecule has 2 aromatic carbocycles. The summed E-state index contributed by atoms with van der Waals surface area (Å²) in [6, 6.07) is 24.5. The van der Waals surface area contributed by atoms with Crippen LogP contribution in [0.3, 0.4) is 0 Å². The Balaban J connectivity index is 2.02. The SMILES string of the molecule is C=C(/C(=C/C)c1nc(C(=C)c2ccccc2)ccc1C)c1ccccc1. The van der Waals surface area contributed by atoms with Crippen LogP contribution < -0.4 is 0 Å². The first-order chi connectivity index (χ1) is 12.6. The van der Waals surface area contributed by atoms with Crippen molar-refractivity contribution >= 4 is 16.7 Å². The third kappa shape index (κ3) is 3.57. The molecule has 1 heteroatoms. The van der Waals surface area contributed by atoms with Gasteiger partial charge in [0.2, 0.25) is 0 Å². The van der Waals surface area contributed by atoms with Gasteiger partial charge in [0.15, 0.2) is 0 Å². The average molecular weight is 337 g/mol. The van der Waals surface area contributed by atoms with E-state index in [4.69, 9.17) is 4.98 Å². The largest absolute Gasteiger partial charge is 0.248 e. The maximum Gasteiger partial charge on any atom is 0.0741 e. The Morgan fingerprint density at radius 3 is 1.96 bits per heavy atom. The van der Waals surface area contributed by atoms with Crippen LogP contribution in [0, 0.1) is 6.92 Å². The summed E-state index contributed by atoms with van der Waals surface area (Å²) in [5.41, 5.74) is 8.11. The monoisotopic (exact) mass is 337 g/mol. The lowest BCUT2D eigenvalue weighted by atomic mass is 9.93. The van der Waals surface area contributed by atoms with Gasteiger partial charge in [-0.05, 0) is 42.2 Å². The second kappa shape index (κ2) is 7.79. The molecule has 0 saturated heterocycles. The predicted molar refractivity (Wildman–Crippen MR) is 113 cm³/mol. The molecule has 0 unspecified atom stereocenters. The van der Waals surface area contributed by atoms with Gasteiger partial charge >= 0.3 is 0 Å². The molecule has 26 heavy (non-hydrogen) atoms. The van der Waals surface area contributed by atoms with Gasteiger partial charge in [-0.25, -0.2) is 4.98 Å². The summed E-state index contributed by atoms with van der Waals surface area (Å²) in [4.78, 5) is 4.94. The van der Waals surface area contributed by atoms with Gasteiger partial charge in [0.25, 0.3) is 0 Å². The summed E-state index contributed by atoms with van der Waals surface area (Å²) in [5, 5.41) is 0. The van der Waals surface area contributed by atoms with Crippen LogP contribution in [-0.4, -0.2) is 4.98 Å². The van der Waals surface area contributed by atoms with Crippen LogP contribution in [-0.2, 0) is 0 Å². The fourth-order valence-electron chi connectivity index (χ4n) is 3.01. The third-order valence-corrected chi connectivity index (χ3v) is 4.52. The zero-order valence-corrected chi connectivity index (χ0v) is 15.4. The molecule has 0 aliphatic carbocycles. The van der Waals surface area contributed by atoms with Crippen LogP contribution in [0.15, 0.2) is 92.0 Å². The van der Waals surface area contributed by atoms with Crippen molar-refractivity contribution in [3.05, 3.63) is 120 Å². The fourth-order valence-corrected chi connectivity index (χ4v) is 3.01. The summed E-state index contributed by atoms with van der Waals surface area (Å²) in [5.74, 6) is 0. The molecular weight excluding hydrogens is 314 g/mol. The van der Waals surface area contributed by atoms with E-state index in [0.717, 1.165) is 44.8 Å². The first-order valence-corrected chi connectivity index (χ1v) is 8.75. The van der Waals surface area contributed by atoms with E-state index >= 15 is 0 Å². The van der Waals surface area contributed by atoms with Crippen LogP contribution in [0.5, 0.6) is 0 Å². The van der Waals surface area contributed by atoms with Gasteiger partial charge in [-0.1, -0.05) is 86.0 Å². The van der Waals surface area contributed by atoms with Crippen molar-refractivity contribution in [2.24, 2.45) is 0 Å². The molecule has 0 spiro atoms. The molecule has 1 nitrogen and oxygen atoms in total. The molecular formula is C25H23N. The van der Waals surface area contributed by atoms with Crippen LogP contribution in [0.2, 0.25) is 0 Å². The minimum absolute atomic E-state index is 0.886. The average Bonchev–Trinajstić information content (AvgIpc) is 2.70. The molecule has 1 heterocycles. The molecule has 1 aromatic heterocycles. The van der Waals surface area contributed by atoms with Gasteiger partial charge in [-0.3, -0.25) is 0 Å². The van der Waals surface area contributed by atoms with Crippen molar-refractivity contribution in [3.8, 4) is 0 Å². The molecule has 0 aliphatic heterocycles. The standard InChI is InChI=1S/C25H23N/c1-5-23(19(3)21-12-8-6-9-13-21)25-18(2)16-17-24(26-25)20(4)22-14-10-7-11-15-22/h5-17H,3-4H2,1-2H3/b23-5-. The van der Waals surface area contributed by atoms with Crippen molar-refractivity contribution in [3.63, 3.8) is 0 Å². The number of rotatable bonds is 5. The van der Waals surface area contributed by atoms with E-state index < -0.39 is 0 Å². The van der Waals surface area contributed by atoms with Gasteiger partial charge in [-0.2, -0.15) is 0 Å². The molecule has 0 fully saturated rings. The van der Waals surface area contributed by atoms with Gasteiger partial charge in [0.05, 0.1) is 11.4 Å². The van der Waals surface area contributed by atoms with Crippen LogP contribution >= 0.6 is 0 Å². The second-order valence-corrected chi connectivity index (χ2v) is 6.25. The zero-order valence-electron chi connectivity index (χ0n) is 15.4. The van der Waals surface area contributed by atoms with Crippen molar-refractivity contribution in [2.75, 3.05) is 0 Å². The Morgan fingerprint density at radius 2 is 1.38 bits per heavy atom. The highest BCUT2D eigenvalue weighted by molar-refractivity contribution is 6.03. The van der Waals surface area contributed by atoms with Gasteiger partial charge < -0.3 is 0 Å². The van der Waals surface area contributed by atoms with E-state index in [1.54, 1.807) is 0 Å². The molecule has 0 radical (unpaired) electrons. The highest BCUT2D eigenvalue weighted by Gasteiger charge is 2.14. The Morgan fingerprint density at radius 1 is 0.808 bits per heavy atom. The summed E-state index contributed by atoms with van der Waals surface area (Å²) in [6.07, 6.45) is 2.08. The van der Waals surface area contributed by atoms with E-state index in [0.29, 0.717) is 0 Å². The molecule has 0 saturated carbocycles. The lowest BCUT2D eigenvalue weighted by Gasteiger charge is -2.15. The molecule has 3 aromatic rings. The van der Waals surface area contributed by atoms with Gasteiger partial charge in [0.1, 0.15) is 0 Å². The number of pyridine rings is 1. The number of hydrogen-bond donors (Lipinski definition) is 0. The first-order valence-electron chi connectivity index (χ1n) is 8.75. The number of allylic oxidation sites excluding steroid dienone is 3. The molecule has 0 N–H and O–H groups in total. The Hall–Kier alpha value is -3.19. The van der Waals surface area contributed by atoms with E-state index in [1.165, 1.54) is 0 Å². The van der Waals surface area contributed by atoms with Crippen molar-refractivity contribution in [1.29, 1.82) is 0 Å². The lowest BCUT2D eigenvalue weighted by Crippen LogP contribution is -2.00. The second-order valence-electron chi connectivity index (χ2n) is 6.25. The van der Waals surface area contributed by atoms with Crippen molar-refractivity contribution in [1.82, 2.24) is 4.98 Å². The minimum atomic E-state index is 0.886. The Bertz CT molecular complexity index is 964. The van der Waals surface area contributed by atoms with E-state index in [2.05, 4.69) is 56.5 Å². The summed E-state index contributed by atoms with van der Waals surface area (Å²) < 4.78 is 0. The Kier molecular flexibility index (Phi) is 5.28. The summed E-state index contributed by atoms with van der Waals surface area (Å²) >= 11 is 0. The van der Waals surface area contributed by atoms with Crippen LogP contribution in [0.1, 0.15) is 35.0 Å². The number of aromatic nitrogens is 1. The summed E-state index contributed by atoms with van der Waals surface area (Å²) in [7, 11) is 0. The maximum absolute atomic E-state index is 4.94. The highest BCUT2D eigenvalue weighted by Crippen LogP contribution is 2.31. The molecule has 128 valence electrons. The maximum atomic E-state index is 4.94. The number of nitrogens with zero attached hydrogens (tertiary/aromatic N) is 1. The van der Waals surface area contributed by atoms with Gasteiger partial charge in [0, 0.05) is 11.1 Å². The third-order valence-electron chi connectivity index (χ3n) is 4.52.